The maximum atomic E-state index is 10.4. The normalized spacial score (nSPS) is 22.5. The fourth-order valence-corrected chi connectivity index (χ4v) is 3.42. The van der Waals surface area contributed by atoms with Gasteiger partial charge in [-0.25, -0.2) is 0 Å². The second-order valence-electron chi connectivity index (χ2n) is 6.80. The van der Waals surface area contributed by atoms with Gasteiger partial charge >= 0.3 is 0 Å². The Labute approximate surface area is 150 Å². The van der Waals surface area contributed by atoms with Crippen LogP contribution in [0.5, 0.6) is 5.75 Å². The van der Waals surface area contributed by atoms with E-state index in [1.54, 1.807) is 0 Å². The third-order valence-corrected chi connectivity index (χ3v) is 4.37. The zero-order valence-electron chi connectivity index (χ0n) is 15.0. The van der Waals surface area contributed by atoms with Gasteiger partial charge in [0.15, 0.2) is 0 Å². The van der Waals surface area contributed by atoms with Crippen LogP contribution in [0.3, 0.4) is 0 Å². The number of ether oxygens (including phenoxy) is 2. The molecule has 2 aromatic rings. The van der Waals surface area contributed by atoms with Crippen LogP contribution in [0.4, 0.5) is 0 Å². The highest BCUT2D eigenvalue weighted by Gasteiger charge is 2.24. The molecule has 0 aliphatic carbocycles. The van der Waals surface area contributed by atoms with Crippen molar-refractivity contribution in [1.29, 1.82) is 0 Å². The van der Waals surface area contributed by atoms with E-state index in [2.05, 4.69) is 30.9 Å². The van der Waals surface area contributed by atoms with Crippen LogP contribution in [0.25, 0.3) is 11.1 Å². The van der Waals surface area contributed by atoms with Gasteiger partial charge in [0.1, 0.15) is 18.5 Å². The van der Waals surface area contributed by atoms with Gasteiger partial charge in [-0.05, 0) is 25.5 Å². The van der Waals surface area contributed by atoms with Crippen molar-refractivity contribution in [2.75, 3.05) is 26.2 Å². The molecule has 0 spiro atoms. The highest BCUT2D eigenvalue weighted by atomic mass is 16.5. The fraction of sp³-hybridized carbons (Fsp3) is 0.429. The van der Waals surface area contributed by atoms with Crippen molar-refractivity contribution < 1.29 is 14.6 Å². The van der Waals surface area contributed by atoms with Gasteiger partial charge in [-0.15, -0.1) is 0 Å². The van der Waals surface area contributed by atoms with E-state index in [-0.39, 0.29) is 18.8 Å². The van der Waals surface area contributed by atoms with Crippen LogP contribution in [0.15, 0.2) is 54.6 Å². The molecule has 2 aromatic carbocycles. The van der Waals surface area contributed by atoms with Gasteiger partial charge < -0.3 is 14.6 Å². The Morgan fingerprint density at radius 2 is 1.68 bits per heavy atom. The van der Waals surface area contributed by atoms with E-state index in [0.29, 0.717) is 6.54 Å². The number of β-amino-alcohol motifs (C(OH)–C–C–N with tert-alkyl or cyclic N) is 1. The zero-order valence-corrected chi connectivity index (χ0v) is 15.0. The summed E-state index contributed by atoms with van der Waals surface area (Å²) in [7, 11) is 0. The standard InChI is InChI=1S/C21H27NO3/c1-16-12-22(13-17(2)25-16)14-19(23)15-24-21-11-7-6-10-20(21)18-8-4-3-5-9-18/h3-11,16-17,19,23H,12-15H2,1-2H3/t16-,17+,19-/m1/s1. The van der Waals surface area contributed by atoms with Crippen LogP contribution in [0, 0.1) is 0 Å². The number of morpholine rings is 1. The number of aliphatic hydroxyl groups excluding tert-OH is 1. The topological polar surface area (TPSA) is 41.9 Å². The minimum absolute atomic E-state index is 0.204. The number of aliphatic hydroxyl groups is 1. The summed E-state index contributed by atoms with van der Waals surface area (Å²) >= 11 is 0. The molecule has 3 atom stereocenters. The van der Waals surface area contributed by atoms with Crippen molar-refractivity contribution in [3.8, 4) is 16.9 Å². The van der Waals surface area contributed by atoms with Crippen LogP contribution in [-0.4, -0.2) is 54.6 Å². The minimum Gasteiger partial charge on any atom is -0.490 e. The number of nitrogens with zero attached hydrogens (tertiary/aromatic N) is 1. The van der Waals surface area contributed by atoms with Crippen LogP contribution in [-0.2, 0) is 4.74 Å². The Bertz CT molecular complexity index is 651. The summed E-state index contributed by atoms with van der Waals surface area (Å²) in [5, 5.41) is 10.4. The maximum Gasteiger partial charge on any atom is 0.127 e. The molecule has 1 aliphatic rings. The van der Waals surface area contributed by atoms with Crippen molar-refractivity contribution in [1.82, 2.24) is 4.90 Å². The summed E-state index contributed by atoms with van der Waals surface area (Å²) in [6, 6.07) is 18.1. The van der Waals surface area contributed by atoms with Gasteiger partial charge in [0.25, 0.3) is 0 Å². The largest absolute Gasteiger partial charge is 0.490 e. The van der Waals surface area contributed by atoms with E-state index >= 15 is 0 Å². The molecule has 3 rings (SSSR count). The third-order valence-electron chi connectivity index (χ3n) is 4.37. The Morgan fingerprint density at radius 3 is 2.40 bits per heavy atom. The van der Waals surface area contributed by atoms with Gasteiger partial charge in [-0.3, -0.25) is 4.90 Å². The molecule has 1 heterocycles. The van der Waals surface area contributed by atoms with E-state index in [1.807, 2.05) is 42.5 Å². The molecule has 0 unspecified atom stereocenters. The SMILES string of the molecule is C[C@@H]1CN(C[C@@H](O)COc2ccccc2-c2ccccc2)C[C@H](C)O1. The average molecular weight is 341 g/mol. The molecular formula is C21H27NO3. The van der Waals surface area contributed by atoms with Gasteiger partial charge in [0.05, 0.1) is 12.2 Å². The zero-order chi connectivity index (χ0) is 17.6. The number of hydrogen-bond donors (Lipinski definition) is 1. The number of rotatable bonds is 6. The number of benzene rings is 2. The van der Waals surface area contributed by atoms with Crippen molar-refractivity contribution in [3.05, 3.63) is 54.6 Å². The lowest BCUT2D eigenvalue weighted by molar-refractivity contribution is -0.0786. The predicted octanol–water partition coefficient (Wildman–Crippen LogP) is 3.20. The van der Waals surface area contributed by atoms with Crippen LogP contribution in [0.2, 0.25) is 0 Å². The third kappa shape index (κ3) is 5.05. The molecule has 0 aromatic heterocycles. The fourth-order valence-electron chi connectivity index (χ4n) is 3.42. The summed E-state index contributed by atoms with van der Waals surface area (Å²) < 4.78 is 11.7. The van der Waals surface area contributed by atoms with Crippen LogP contribution in [0.1, 0.15) is 13.8 Å². The Kier molecular flexibility index (Phi) is 6.08. The molecule has 134 valence electrons. The number of hydrogen-bond acceptors (Lipinski definition) is 4. The quantitative estimate of drug-likeness (QED) is 0.876. The van der Waals surface area contributed by atoms with Gasteiger partial charge in [0, 0.05) is 25.2 Å². The lowest BCUT2D eigenvalue weighted by Crippen LogP contribution is -2.48. The van der Waals surface area contributed by atoms with Gasteiger partial charge in [0.2, 0.25) is 0 Å². The summed E-state index contributed by atoms with van der Waals surface area (Å²) in [5.74, 6) is 0.802. The van der Waals surface area contributed by atoms with Gasteiger partial charge in [-0.1, -0.05) is 48.5 Å². The summed E-state index contributed by atoms with van der Waals surface area (Å²) in [6.45, 7) is 6.73. The maximum absolute atomic E-state index is 10.4. The second kappa shape index (κ2) is 8.48. The summed E-state index contributed by atoms with van der Waals surface area (Å²) in [4.78, 5) is 2.25. The monoisotopic (exact) mass is 341 g/mol. The van der Waals surface area contributed by atoms with E-state index < -0.39 is 6.10 Å². The molecule has 0 amide bonds. The molecular weight excluding hydrogens is 314 g/mol. The Morgan fingerprint density at radius 1 is 1.04 bits per heavy atom. The molecule has 25 heavy (non-hydrogen) atoms. The molecule has 0 saturated carbocycles. The van der Waals surface area contributed by atoms with E-state index in [4.69, 9.17) is 9.47 Å². The van der Waals surface area contributed by atoms with E-state index in [9.17, 15) is 5.11 Å². The van der Waals surface area contributed by atoms with Crippen molar-refractivity contribution in [2.24, 2.45) is 0 Å². The molecule has 1 saturated heterocycles. The number of para-hydroxylation sites is 1. The molecule has 1 N–H and O–H groups in total. The van der Waals surface area contributed by atoms with Crippen molar-refractivity contribution >= 4 is 0 Å². The second-order valence-corrected chi connectivity index (χ2v) is 6.80. The summed E-state index contributed by atoms with van der Waals surface area (Å²) in [5.41, 5.74) is 2.16. The lowest BCUT2D eigenvalue weighted by atomic mass is 10.1. The molecule has 1 fully saturated rings. The van der Waals surface area contributed by atoms with Crippen molar-refractivity contribution in [3.63, 3.8) is 0 Å². The van der Waals surface area contributed by atoms with E-state index in [0.717, 1.165) is 30.0 Å². The lowest BCUT2D eigenvalue weighted by Gasteiger charge is -2.36. The first-order valence-corrected chi connectivity index (χ1v) is 8.95. The average Bonchev–Trinajstić information content (AvgIpc) is 2.60. The summed E-state index contributed by atoms with van der Waals surface area (Å²) in [6.07, 6.45) is -0.118. The molecule has 0 bridgehead atoms. The van der Waals surface area contributed by atoms with Crippen molar-refractivity contribution in [2.45, 2.75) is 32.2 Å². The van der Waals surface area contributed by atoms with Crippen LogP contribution >= 0.6 is 0 Å². The molecule has 4 heteroatoms. The molecule has 0 radical (unpaired) electrons. The molecule has 4 nitrogen and oxygen atoms in total. The predicted molar refractivity (Wildman–Crippen MR) is 99.8 cm³/mol. The molecule has 1 aliphatic heterocycles. The van der Waals surface area contributed by atoms with Gasteiger partial charge in [-0.2, -0.15) is 0 Å². The first-order chi connectivity index (χ1) is 12.1. The Hall–Kier alpha value is -1.88. The smallest absolute Gasteiger partial charge is 0.127 e. The first kappa shape index (κ1) is 17.9. The van der Waals surface area contributed by atoms with Crippen LogP contribution < -0.4 is 4.74 Å². The minimum atomic E-state index is -0.527. The highest BCUT2D eigenvalue weighted by Crippen LogP contribution is 2.29. The van der Waals surface area contributed by atoms with E-state index in [1.165, 1.54) is 0 Å². The Balaban J connectivity index is 1.58. The first-order valence-electron chi connectivity index (χ1n) is 8.95. The highest BCUT2D eigenvalue weighted by molar-refractivity contribution is 5.70.